The number of aliphatic hydroxyl groups is 1. The average molecular weight is 293 g/mol. The van der Waals surface area contributed by atoms with Crippen molar-refractivity contribution < 1.29 is 14.3 Å². The maximum absolute atomic E-state index is 13.2. The van der Waals surface area contributed by atoms with Crippen LogP contribution in [0.25, 0.3) is 0 Å². The number of hydrogen-bond acceptors (Lipinski definition) is 3. The highest BCUT2D eigenvalue weighted by Crippen LogP contribution is 2.25. The van der Waals surface area contributed by atoms with Gasteiger partial charge in [-0.05, 0) is 36.8 Å². The third-order valence-corrected chi connectivity index (χ3v) is 4.44. The highest BCUT2D eigenvalue weighted by Gasteiger charge is 2.17. The van der Waals surface area contributed by atoms with Crippen LogP contribution in [0.1, 0.15) is 28.8 Å². The molecule has 1 fully saturated rings. The molecule has 1 saturated heterocycles. The number of thioether (sulfide) groups is 1. The lowest BCUT2D eigenvalue weighted by atomic mass is 10.1. The highest BCUT2D eigenvalue weighted by atomic mass is 32.2. The molecule has 0 spiro atoms. The molecule has 1 aliphatic rings. The van der Waals surface area contributed by atoms with Crippen LogP contribution in [0.3, 0.4) is 0 Å². The van der Waals surface area contributed by atoms with Gasteiger partial charge in [0.05, 0.1) is 5.56 Å². The second-order valence-electron chi connectivity index (χ2n) is 4.49. The molecule has 3 nitrogen and oxygen atoms in total. The van der Waals surface area contributed by atoms with Crippen molar-refractivity contribution in [3.8, 4) is 11.8 Å². The van der Waals surface area contributed by atoms with Crippen LogP contribution in [0.2, 0.25) is 0 Å². The van der Waals surface area contributed by atoms with Crippen LogP contribution in [0.4, 0.5) is 4.39 Å². The fraction of sp³-hybridized carbons (Fsp3) is 0.400. The molecule has 0 radical (unpaired) electrons. The Labute approximate surface area is 122 Å². The van der Waals surface area contributed by atoms with Crippen molar-refractivity contribution in [2.45, 2.75) is 18.1 Å². The van der Waals surface area contributed by atoms with E-state index in [0.717, 1.165) is 12.2 Å². The number of amides is 1. The summed E-state index contributed by atoms with van der Waals surface area (Å²) >= 11 is 1.86. The van der Waals surface area contributed by atoms with Gasteiger partial charge in [-0.1, -0.05) is 11.8 Å². The Morgan fingerprint density at radius 2 is 2.40 bits per heavy atom. The largest absolute Gasteiger partial charge is 0.384 e. The third kappa shape index (κ3) is 3.99. The van der Waals surface area contributed by atoms with Gasteiger partial charge in [0.25, 0.3) is 5.91 Å². The number of nitrogens with one attached hydrogen (secondary N) is 1. The zero-order valence-corrected chi connectivity index (χ0v) is 11.8. The topological polar surface area (TPSA) is 49.3 Å². The van der Waals surface area contributed by atoms with Gasteiger partial charge in [-0.25, -0.2) is 4.39 Å². The summed E-state index contributed by atoms with van der Waals surface area (Å²) in [6.45, 7) is 0.296. The van der Waals surface area contributed by atoms with E-state index in [1.807, 2.05) is 11.8 Å². The first-order valence-electron chi connectivity index (χ1n) is 6.50. The van der Waals surface area contributed by atoms with E-state index in [1.54, 1.807) is 0 Å². The minimum Gasteiger partial charge on any atom is -0.384 e. The summed E-state index contributed by atoms with van der Waals surface area (Å²) in [5, 5.41) is 12.0. The second kappa shape index (κ2) is 7.32. The van der Waals surface area contributed by atoms with E-state index in [4.69, 9.17) is 5.11 Å². The van der Waals surface area contributed by atoms with Crippen LogP contribution >= 0.6 is 11.8 Å². The van der Waals surface area contributed by atoms with E-state index in [9.17, 15) is 9.18 Å². The number of carbonyl (C=O) groups excluding carboxylic acids is 1. The first-order chi connectivity index (χ1) is 9.70. The average Bonchev–Trinajstić information content (AvgIpc) is 2.96. The summed E-state index contributed by atoms with van der Waals surface area (Å²) in [4.78, 5) is 12.1. The summed E-state index contributed by atoms with van der Waals surface area (Å²) in [7, 11) is 0. The van der Waals surface area contributed by atoms with E-state index in [-0.39, 0.29) is 12.5 Å². The zero-order chi connectivity index (χ0) is 14.4. The van der Waals surface area contributed by atoms with Crippen molar-refractivity contribution in [1.82, 2.24) is 5.32 Å². The van der Waals surface area contributed by atoms with Crippen LogP contribution in [-0.4, -0.2) is 35.2 Å². The quantitative estimate of drug-likeness (QED) is 0.836. The van der Waals surface area contributed by atoms with E-state index >= 15 is 0 Å². The molecule has 5 heteroatoms. The monoisotopic (exact) mass is 293 g/mol. The van der Waals surface area contributed by atoms with Crippen LogP contribution in [0.15, 0.2) is 18.2 Å². The van der Waals surface area contributed by atoms with Crippen LogP contribution < -0.4 is 5.32 Å². The van der Waals surface area contributed by atoms with Crippen molar-refractivity contribution >= 4 is 17.7 Å². The van der Waals surface area contributed by atoms with Crippen molar-refractivity contribution in [3.05, 3.63) is 35.1 Å². The molecule has 0 bridgehead atoms. The van der Waals surface area contributed by atoms with Gasteiger partial charge in [0.15, 0.2) is 0 Å². The number of benzene rings is 1. The van der Waals surface area contributed by atoms with Gasteiger partial charge in [-0.3, -0.25) is 4.79 Å². The molecule has 1 atom stereocenters. The normalized spacial score (nSPS) is 17.4. The Morgan fingerprint density at radius 1 is 1.55 bits per heavy atom. The lowest BCUT2D eigenvalue weighted by molar-refractivity contribution is 0.0953. The summed E-state index contributed by atoms with van der Waals surface area (Å²) < 4.78 is 13.2. The highest BCUT2D eigenvalue weighted by molar-refractivity contribution is 8.00. The van der Waals surface area contributed by atoms with E-state index in [0.29, 0.717) is 22.9 Å². The Kier molecular flexibility index (Phi) is 5.45. The van der Waals surface area contributed by atoms with E-state index < -0.39 is 5.82 Å². The molecular weight excluding hydrogens is 277 g/mol. The number of halogens is 1. The van der Waals surface area contributed by atoms with E-state index in [1.165, 1.54) is 24.6 Å². The third-order valence-electron chi connectivity index (χ3n) is 3.04. The molecule has 1 aromatic rings. The Bertz CT molecular complexity index is 545. The SMILES string of the molecule is O=C(NCC1CCCS1)c1ccc(F)cc1C#CCO. The number of carbonyl (C=O) groups is 1. The molecule has 1 aromatic carbocycles. The minimum absolute atomic E-state index is 0.250. The molecule has 1 unspecified atom stereocenters. The zero-order valence-electron chi connectivity index (χ0n) is 11.0. The van der Waals surface area contributed by atoms with Gasteiger partial charge >= 0.3 is 0 Å². The van der Waals surface area contributed by atoms with Crippen LogP contribution in [-0.2, 0) is 0 Å². The van der Waals surface area contributed by atoms with Crippen LogP contribution in [0.5, 0.6) is 0 Å². The van der Waals surface area contributed by atoms with Gasteiger partial charge in [0.1, 0.15) is 12.4 Å². The molecule has 0 aliphatic carbocycles. The molecule has 2 N–H and O–H groups in total. The molecule has 1 aliphatic heterocycles. The van der Waals surface area contributed by atoms with Gasteiger partial charge in [-0.15, -0.1) is 0 Å². The molecule has 20 heavy (non-hydrogen) atoms. The maximum Gasteiger partial charge on any atom is 0.252 e. The standard InChI is InChI=1S/C15H16FNO2S/c16-12-5-6-14(11(9-12)3-1-7-18)15(19)17-10-13-4-2-8-20-13/h5-6,9,13,18H,2,4,7-8,10H2,(H,17,19). The first-order valence-corrected chi connectivity index (χ1v) is 7.54. The van der Waals surface area contributed by atoms with Crippen LogP contribution in [0, 0.1) is 17.7 Å². The number of aliphatic hydroxyl groups excluding tert-OH is 1. The Hall–Kier alpha value is -1.51. The second-order valence-corrected chi connectivity index (χ2v) is 5.90. The van der Waals surface area contributed by atoms with Crippen molar-refractivity contribution in [2.24, 2.45) is 0 Å². The summed E-state index contributed by atoms with van der Waals surface area (Å²) in [5.41, 5.74) is 0.644. The van der Waals surface area contributed by atoms with Gasteiger partial charge < -0.3 is 10.4 Å². The Morgan fingerprint density at radius 3 is 3.10 bits per heavy atom. The fourth-order valence-corrected chi connectivity index (χ4v) is 3.26. The van der Waals surface area contributed by atoms with Gasteiger partial charge in [0, 0.05) is 17.4 Å². The summed E-state index contributed by atoms with van der Waals surface area (Å²) in [6.07, 6.45) is 2.31. The van der Waals surface area contributed by atoms with Crippen molar-refractivity contribution in [3.63, 3.8) is 0 Å². The number of hydrogen-bond donors (Lipinski definition) is 2. The smallest absolute Gasteiger partial charge is 0.252 e. The molecule has 1 amide bonds. The molecule has 0 aromatic heterocycles. The summed E-state index contributed by atoms with van der Waals surface area (Å²) in [6, 6.07) is 3.87. The number of rotatable bonds is 3. The molecule has 1 heterocycles. The Balaban J connectivity index is 2.07. The summed E-state index contributed by atoms with van der Waals surface area (Å²) in [5.74, 6) is 5.49. The molecule has 106 valence electrons. The minimum atomic E-state index is -0.449. The lowest BCUT2D eigenvalue weighted by Gasteiger charge is -2.11. The van der Waals surface area contributed by atoms with Gasteiger partial charge in [0.2, 0.25) is 0 Å². The van der Waals surface area contributed by atoms with Crippen molar-refractivity contribution in [1.29, 1.82) is 0 Å². The maximum atomic E-state index is 13.2. The molecule has 2 rings (SSSR count). The first kappa shape index (κ1) is 14.9. The fourth-order valence-electron chi connectivity index (χ4n) is 2.06. The predicted octanol–water partition coefficient (Wildman–Crippen LogP) is 1.79. The molecular formula is C15H16FNO2S. The van der Waals surface area contributed by atoms with Gasteiger partial charge in [-0.2, -0.15) is 11.8 Å². The lowest BCUT2D eigenvalue weighted by Crippen LogP contribution is -2.30. The molecule has 0 saturated carbocycles. The van der Waals surface area contributed by atoms with E-state index in [2.05, 4.69) is 17.2 Å². The van der Waals surface area contributed by atoms with Crippen molar-refractivity contribution in [2.75, 3.05) is 18.9 Å². The predicted molar refractivity (Wildman–Crippen MR) is 78.2 cm³/mol.